The second-order valence-electron chi connectivity index (χ2n) is 14.1. The zero-order valence-electron chi connectivity index (χ0n) is 29.4. The van der Waals surface area contributed by atoms with Gasteiger partial charge in [0.25, 0.3) is 0 Å². The molecule has 1 unspecified atom stereocenters. The Morgan fingerprint density at radius 3 is 2.02 bits per heavy atom. The van der Waals surface area contributed by atoms with Crippen LogP contribution >= 0.6 is 0 Å². The number of amides is 2. The van der Waals surface area contributed by atoms with Crippen molar-refractivity contribution >= 4 is 32.1 Å². The summed E-state index contributed by atoms with van der Waals surface area (Å²) in [4.78, 5) is 30.4. The quantitative estimate of drug-likeness (QED) is 0.129. The molecule has 2 aliphatic heterocycles. The SMILES string of the molecule is CC1(C)COC(c2ccc(F)cc2)([C@H](C(=O)N2C(=O)OC[C@@H]2c2ccccc2)[C@H]([AsH]c2ccc(F)cc2)c2ccc(OCc3ccccc3)cc2)OC1. The van der Waals surface area contributed by atoms with E-state index in [-0.39, 0.29) is 25.6 Å². The van der Waals surface area contributed by atoms with E-state index in [1.54, 1.807) is 24.3 Å². The molecular weight excluding hydrogens is 739 g/mol. The van der Waals surface area contributed by atoms with Gasteiger partial charge in [-0.05, 0) is 0 Å². The molecule has 2 saturated heterocycles. The van der Waals surface area contributed by atoms with E-state index in [0.717, 1.165) is 21.0 Å². The third kappa shape index (κ3) is 8.08. The summed E-state index contributed by atoms with van der Waals surface area (Å²) in [6.07, 6.45) is -0.774. The maximum absolute atomic E-state index is 15.6. The van der Waals surface area contributed by atoms with Crippen LogP contribution in [0.1, 0.15) is 46.8 Å². The van der Waals surface area contributed by atoms with Crippen LogP contribution < -0.4 is 9.09 Å². The van der Waals surface area contributed by atoms with Gasteiger partial charge in [-0.15, -0.1) is 0 Å². The Kier molecular flexibility index (Phi) is 10.8. The molecule has 0 N–H and O–H groups in total. The summed E-state index contributed by atoms with van der Waals surface area (Å²) in [7, 11) is 0. The molecule has 7 rings (SSSR count). The van der Waals surface area contributed by atoms with Gasteiger partial charge >= 0.3 is 316 Å². The van der Waals surface area contributed by atoms with E-state index in [2.05, 4.69) is 0 Å². The Labute approximate surface area is 314 Å². The van der Waals surface area contributed by atoms with Crippen molar-refractivity contribution in [2.24, 2.45) is 11.3 Å². The average Bonchev–Trinajstić information content (AvgIpc) is 3.57. The van der Waals surface area contributed by atoms with E-state index >= 15 is 4.79 Å². The molecule has 0 spiro atoms. The second-order valence-corrected chi connectivity index (χ2v) is 17.2. The first kappa shape index (κ1) is 36.5. The standard InChI is InChI=1S/C43H40AsF2NO6/c1-42(2)27-52-43(53-28-42,32-15-19-34(45)20-16-32)38(40(48)47-37(26-51-41(47)49)30-11-7-4-8-12-30)39(44-33-17-21-35(46)22-18-33)31-13-23-36(24-14-31)50-25-29-9-5-3-6-10-29/h3-24,37-39,44H,25-28H2,1-2H3/t37-,38+,39-/m1/s1. The number of carbonyl (C=O) groups excluding carboxylic acids is 2. The number of hydrogen-bond donors (Lipinski definition) is 0. The van der Waals surface area contributed by atoms with Crippen molar-refractivity contribution < 1.29 is 37.3 Å². The van der Waals surface area contributed by atoms with Gasteiger partial charge in [-0.2, -0.15) is 0 Å². The number of cyclic esters (lactones) is 1. The van der Waals surface area contributed by atoms with Crippen LogP contribution in [0, 0.1) is 23.0 Å². The summed E-state index contributed by atoms with van der Waals surface area (Å²) in [5.41, 5.74) is 2.57. The molecule has 2 amide bonds. The zero-order chi connectivity index (χ0) is 37.0. The van der Waals surface area contributed by atoms with Gasteiger partial charge in [0, 0.05) is 0 Å². The van der Waals surface area contributed by atoms with Gasteiger partial charge in [-0.1, -0.05) is 0 Å². The summed E-state index contributed by atoms with van der Waals surface area (Å²) < 4.78 is 54.2. The normalized spacial score (nSPS) is 19.1. The minimum atomic E-state index is -1.74. The van der Waals surface area contributed by atoms with E-state index in [0.29, 0.717) is 17.9 Å². The monoisotopic (exact) mass is 779 g/mol. The van der Waals surface area contributed by atoms with Gasteiger partial charge in [-0.25, -0.2) is 0 Å². The van der Waals surface area contributed by atoms with Crippen molar-refractivity contribution in [2.45, 2.75) is 37.0 Å². The van der Waals surface area contributed by atoms with Crippen molar-refractivity contribution in [2.75, 3.05) is 19.8 Å². The van der Waals surface area contributed by atoms with Gasteiger partial charge in [0.05, 0.1) is 0 Å². The number of nitrogens with zero attached hydrogens (tertiary/aromatic N) is 1. The molecule has 10 heteroatoms. The molecule has 0 radical (unpaired) electrons. The second kappa shape index (κ2) is 15.6. The number of benzene rings is 5. The van der Waals surface area contributed by atoms with Crippen molar-refractivity contribution in [3.8, 4) is 5.75 Å². The predicted octanol–water partition coefficient (Wildman–Crippen LogP) is 7.61. The van der Waals surface area contributed by atoms with E-state index in [1.807, 2.05) is 98.8 Å². The summed E-state index contributed by atoms with van der Waals surface area (Å²) in [6.45, 7) is 4.79. The summed E-state index contributed by atoms with van der Waals surface area (Å²) >= 11 is -1.38. The first-order valence-electron chi connectivity index (χ1n) is 17.5. The molecular formula is C43H40AsF2NO6. The number of carbonyl (C=O) groups is 2. The molecule has 0 aliphatic carbocycles. The number of halogens is 2. The topological polar surface area (TPSA) is 74.3 Å². The van der Waals surface area contributed by atoms with Gasteiger partial charge < -0.3 is 0 Å². The Hall–Kier alpha value is -4.82. The molecule has 2 fully saturated rings. The van der Waals surface area contributed by atoms with Crippen LogP contribution in [0.4, 0.5) is 13.6 Å². The third-order valence-corrected chi connectivity index (χ3v) is 13.0. The fourth-order valence-electron chi connectivity index (χ4n) is 6.75. The zero-order valence-corrected chi connectivity index (χ0v) is 31.5. The fraction of sp³-hybridized carbons (Fsp3) is 0.256. The van der Waals surface area contributed by atoms with E-state index in [4.69, 9.17) is 18.9 Å². The summed E-state index contributed by atoms with van der Waals surface area (Å²) in [5, 5.41) is 0. The van der Waals surface area contributed by atoms with Gasteiger partial charge in [0.1, 0.15) is 0 Å². The van der Waals surface area contributed by atoms with Crippen molar-refractivity contribution in [1.82, 2.24) is 4.90 Å². The molecule has 0 saturated carbocycles. The number of imide groups is 1. The van der Waals surface area contributed by atoms with Gasteiger partial charge in [0.2, 0.25) is 0 Å². The van der Waals surface area contributed by atoms with Crippen LogP contribution in [-0.4, -0.2) is 52.5 Å². The molecule has 5 aromatic carbocycles. The molecule has 2 heterocycles. The molecule has 0 bridgehead atoms. The van der Waals surface area contributed by atoms with Crippen molar-refractivity contribution in [3.05, 3.63) is 167 Å². The first-order chi connectivity index (χ1) is 25.6. The summed E-state index contributed by atoms with van der Waals surface area (Å²) in [6, 6.07) is 38.0. The number of hydrogen-bond acceptors (Lipinski definition) is 6. The third-order valence-electron chi connectivity index (χ3n) is 9.56. The van der Waals surface area contributed by atoms with Gasteiger partial charge in [0.15, 0.2) is 0 Å². The molecule has 272 valence electrons. The number of rotatable bonds is 11. The Morgan fingerprint density at radius 2 is 1.40 bits per heavy atom. The van der Waals surface area contributed by atoms with Crippen LogP contribution in [0.25, 0.3) is 0 Å². The molecule has 2 aliphatic rings. The van der Waals surface area contributed by atoms with Crippen LogP contribution in [0.3, 0.4) is 0 Å². The Morgan fingerprint density at radius 1 is 0.811 bits per heavy atom. The first-order valence-corrected chi connectivity index (χ1v) is 19.8. The van der Waals surface area contributed by atoms with Crippen molar-refractivity contribution in [1.29, 1.82) is 0 Å². The molecule has 53 heavy (non-hydrogen) atoms. The molecule has 4 atom stereocenters. The van der Waals surface area contributed by atoms with Crippen LogP contribution in [-0.2, 0) is 31.4 Å². The summed E-state index contributed by atoms with van der Waals surface area (Å²) in [5.74, 6) is -3.65. The van der Waals surface area contributed by atoms with Crippen LogP contribution in [0.15, 0.2) is 133 Å². The molecule has 0 aromatic heterocycles. The molecule has 5 aromatic rings. The Balaban J connectivity index is 1.38. The Bertz CT molecular complexity index is 2000. The number of ether oxygens (including phenoxy) is 4. The van der Waals surface area contributed by atoms with Crippen LogP contribution in [0.5, 0.6) is 5.75 Å². The fourth-order valence-corrected chi connectivity index (χ4v) is 10.1. The minimum absolute atomic E-state index is 0.0219. The average molecular weight is 780 g/mol. The predicted molar refractivity (Wildman–Crippen MR) is 198 cm³/mol. The maximum atomic E-state index is 15.6. The van der Waals surface area contributed by atoms with E-state index in [9.17, 15) is 13.6 Å². The van der Waals surface area contributed by atoms with Crippen LogP contribution in [0.2, 0.25) is 0 Å². The van der Waals surface area contributed by atoms with Crippen molar-refractivity contribution in [3.63, 3.8) is 0 Å². The van der Waals surface area contributed by atoms with E-state index < -0.39 is 61.4 Å². The van der Waals surface area contributed by atoms with Gasteiger partial charge in [-0.3, -0.25) is 0 Å². The molecule has 7 nitrogen and oxygen atoms in total. The van der Waals surface area contributed by atoms with E-state index in [1.165, 1.54) is 29.2 Å².